The van der Waals surface area contributed by atoms with Crippen LogP contribution >= 0.6 is 11.3 Å². The molecular formula is C21H28N4OS. The Balaban J connectivity index is 1.50. The molecule has 5 nitrogen and oxygen atoms in total. The summed E-state index contributed by atoms with van der Waals surface area (Å²) in [6.07, 6.45) is 2.75. The normalized spacial score (nSPS) is 14.7. The molecule has 6 heteroatoms. The number of nitrogens with zero attached hydrogens (tertiary/aromatic N) is 2. The molecule has 1 aliphatic heterocycles. The Morgan fingerprint density at radius 2 is 1.93 bits per heavy atom. The summed E-state index contributed by atoms with van der Waals surface area (Å²) in [5.41, 5.74) is 2.37. The number of carbonyl (C=O) groups excluding carboxylic acids is 1. The van der Waals surface area contributed by atoms with Gasteiger partial charge in [0.1, 0.15) is 0 Å². The molecule has 3 rings (SSSR count). The van der Waals surface area contributed by atoms with Crippen LogP contribution in [0.25, 0.3) is 0 Å². The molecule has 1 saturated heterocycles. The third-order valence-corrected chi connectivity index (χ3v) is 5.95. The van der Waals surface area contributed by atoms with Crippen molar-refractivity contribution in [1.29, 1.82) is 0 Å². The van der Waals surface area contributed by atoms with Gasteiger partial charge in [-0.25, -0.2) is 0 Å². The number of likely N-dealkylation sites (tertiary alicyclic amines) is 1. The number of hydrogen-bond acceptors (Lipinski definition) is 3. The molecule has 1 aromatic heterocycles. The van der Waals surface area contributed by atoms with Crippen LogP contribution < -0.4 is 10.6 Å². The first-order chi connectivity index (χ1) is 13.2. The second-order valence-corrected chi connectivity index (χ2v) is 7.99. The van der Waals surface area contributed by atoms with E-state index in [9.17, 15) is 4.79 Å². The van der Waals surface area contributed by atoms with Crippen molar-refractivity contribution < 1.29 is 4.79 Å². The molecule has 0 bridgehead atoms. The minimum Gasteiger partial charge on any atom is -0.352 e. The van der Waals surface area contributed by atoms with Gasteiger partial charge in [0, 0.05) is 42.9 Å². The average Bonchev–Trinajstić information content (AvgIpc) is 3.31. The third-order valence-electron chi connectivity index (χ3n) is 4.72. The molecule has 0 saturated carbocycles. The monoisotopic (exact) mass is 384 g/mol. The molecule has 0 radical (unpaired) electrons. The summed E-state index contributed by atoms with van der Waals surface area (Å²) in [6, 6.07) is 12.8. The van der Waals surface area contributed by atoms with Crippen molar-refractivity contribution in [3.8, 4) is 0 Å². The van der Waals surface area contributed by atoms with Crippen molar-refractivity contribution in [3.05, 3.63) is 57.3 Å². The fraction of sp³-hybridized carbons (Fsp3) is 0.429. The molecule has 0 aliphatic carbocycles. The number of aliphatic imine (C=N–C) groups is 1. The summed E-state index contributed by atoms with van der Waals surface area (Å²) in [6.45, 7) is 5.24. The van der Waals surface area contributed by atoms with Gasteiger partial charge >= 0.3 is 0 Å². The fourth-order valence-corrected chi connectivity index (χ4v) is 4.11. The van der Waals surface area contributed by atoms with Gasteiger partial charge in [-0.15, -0.1) is 11.3 Å². The van der Waals surface area contributed by atoms with Crippen LogP contribution in [0.2, 0.25) is 0 Å². The van der Waals surface area contributed by atoms with Gasteiger partial charge in [-0.1, -0.05) is 31.2 Å². The lowest BCUT2D eigenvalue weighted by atomic mass is 10.1. The van der Waals surface area contributed by atoms with E-state index in [1.165, 1.54) is 20.9 Å². The molecule has 144 valence electrons. The van der Waals surface area contributed by atoms with Crippen molar-refractivity contribution >= 4 is 23.2 Å². The number of guanidine groups is 1. The van der Waals surface area contributed by atoms with Crippen LogP contribution in [0, 0.1) is 0 Å². The first-order valence-electron chi connectivity index (χ1n) is 9.55. The molecule has 0 spiro atoms. The second-order valence-electron chi connectivity index (χ2n) is 6.74. The van der Waals surface area contributed by atoms with Crippen LogP contribution in [-0.2, 0) is 30.8 Å². The minimum atomic E-state index is 0.267. The van der Waals surface area contributed by atoms with E-state index in [2.05, 4.69) is 58.9 Å². The summed E-state index contributed by atoms with van der Waals surface area (Å²) in [5, 5.41) is 6.74. The maximum Gasteiger partial charge on any atom is 0.222 e. The number of benzene rings is 1. The smallest absolute Gasteiger partial charge is 0.222 e. The highest BCUT2D eigenvalue weighted by molar-refractivity contribution is 7.11. The van der Waals surface area contributed by atoms with Gasteiger partial charge in [-0.05, 0) is 36.1 Å². The lowest BCUT2D eigenvalue weighted by Gasteiger charge is -2.16. The van der Waals surface area contributed by atoms with E-state index >= 15 is 0 Å². The van der Waals surface area contributed by atoms with Crippen molar-refractivity contribution in [2.75, 3.05) is 13.6 Å². The molecule has 2 N–H and O–H groups in total. The molecule has 1 aromatic carbocycles. The van der Waals surface area contributed by atoms with Crippen LogP contribution in [-0.4, -0.2) is 30.4 Å². The average molecular weight is 385 g/mol. The molecule has 2 heterocycles. The number of aryl methyl sites for hydroxylation is 1. The summed E-state index contributed by atoms with van der Waals surface area (Å²) in [4.78, 5) is 20.8. The maximum atomic E-state index is 11.8. The van der Waals surface area contributed by atoms with E-state index in [4.69, 9.17) is 0 Å². The van der Waals surface area contributed by atoms with E-state index in [1.807, 2.05) is 16.2 Å². The van der Waals surface area contributed by atoms with Crippen LogP contribution in [0.1, 0.15) is 40.6 Å². The summed E-state index contributed by atoms with van der Waals surface area (Å²) >= 11 is 1.84. The topological polar surface area (TPSA) is 56.7 Å². The predicted octanol–water partition coefficient (Wildman–Crippen LogP) is 3.30. The first-order valence-corrected chi connectivity index (χ1v) is 10.4. The van der Waals surface area contributed by atoms with Gasteiger partial charge in [0.2, 0.25) is 5.91 Å². The van der Waals surface area contributed by atoms with Gasteiger partial charge in [-0.2, -0.15) is 0 Å². The molecule has 1 aliphatic rings. The van der Waals surface area contributed by atoms with E-state index < -0.39 is 0 Å². The van der Waals surface area contributed by atoms with Crippen LogP contribution in [0.3, 0.4) is 0 Å². The van der Waals surface area contributed by atoms with Crippen molar-refractivity contribution in [1.82, 2.24) is 15.5 Å². The van der Waals surface area contributed by atoms with Gasteiger partial charge in [0.05, 0.1) is 6.54 Å². The molecule has 2 aromatic rings. The van der Waals surface area contributed by atoms with E-state index in [0.717, 1.165) is 31.9 Å². The Kier molecular flexibility index (Phi) is 6.87. The van der Waals surface area contributed by atoms with Crippen LogP contribution in [0.4, 0.5) is 0 Å². The predicted molar refractivity (Wildman–Crippen MR) is 112 cm³/mol. The molecule has 0 atom stereocenters. The molecule has 0 unspecified atom stereocenters. The Hall–Kier alpha value is -2.34. The maximum absolute atomic E-state index is 11.8. The van der Waals surface area contributed by atoms with Crippen molar-refractivity contribution in [2.45, 2.75) is 45.8 Å². The van der Waals surface area contributed by atoms with Gasteiger partial charge in [-0.3, -0.25) is 9.79 Å². The number of thiophene rings is 1. The number of amides is 1. The second kappa shape index (κ2) is 9.55. The third kappa shape index (κ3) is 5.57. The largest absolute Gasteiger partial charge is 0.352 e. The molecule has 1 fully saturated rings. The summed E-state index contributed by atoms with van der Waals surface area (Å²) in [5.74, 6) is 1.06. The van der Waals surface area contributed by atoms with Crippen molar-refractivity contribution in [2.24, 2.45) is 4.99 Å². The zero-order chi connectivity index (χ0) is 19.1. The standard InChI is InChI=1S/C21H28N4OS/c1-3-18-9-10-19(27-18)14-24-21(22-2)23-13-16-6-4-7-17(12-16)15-25-11-5-8-20(25)26/h4,6-7,9-10,12H,3,5,8,11,13-15H2,1-2H3,(H2,22,23,24). The van der Waals surface area contributed by atoms with Crippen LogP contribution in [0.15, 0.2) is 41.4 Å². The molecule has 1 amide bonds. The molecule has 27 heavy (non-hydrogen) atoms. The van der Waals surface area contributed by atoms with E-state index in [1.54, 1.807) is 7.05 Å². The highest BCUT2D eigenvalue weighted by Crippen LogP contribution is 2.17. The van der Waals surface area contributed by atoms with Gasteiger partial charge < -0.3 is 15.5 Å². The van der Waals surface area contributed by atoms with E-state index in [-0.39, 0.29) is 5.91 Å². The zero-order valence-corrected chi connectivity index (χ0v) is 16.9. The lowest BCUT2D eigenvalue weighted by Crippen LogP contribution is -2.36. The Labute approximate surface area is 165 Å². The summed E-state index contributed by atoms with van der Waals surface area (Å²) in [7, 11) is 1.79. The SMILES string of the molecule is CCc1ccc(CNC(=NC)NCc2cccc(CN3CCCC3=O)c2)s1. The highest BCUT2D eigenvalue weighted by atomic mass is 32.1. The highest BCUT2D eigenvalue weighted by Gasteiger charge is 2.19. The van der Waals surface area contributed by atoms with Crippen LogP contribution in [0.5, 0.6) is 0 Å². The number of carbonyl (C=O) groups is 1. The van der Waals surface area contributed by atoms with E-state index in [0.29, 0.717) is 19.5 Å². The van der Waals surface area contributed by atoms with Gasteiger partial charge in [0.15, 0.2) is 5.96 Å². The Bertz CT molecular complexity index is 799. The minimum absolute atomic E-state index is 0.267. The summed E-state index contributed by atoms with van der Waals surface area (Å²) < 4.78 is 0. The zero-order valence-electron chi connectivity index (χ0n) is 16.1. The fourth-order valence-electron chi connectivity index (χ4n) is 3.21. The Morgan fingerprint density at radius 3 is 2.63 bits per heavy atom. The number of hydrogen-bond donors (Lipinski definition) is 2. The Morgan fingerprint density at radius 1 is 1.15 bits per heavy atom. The quantitative estimate of drug-likeness (QED) is 0.569. The lowest BCUT2D eigenvalue weighted by molar-refractivity contribution is -0.128. The van der Waals surface area contributed by atoms with Crippen molar-refractivity contribution in [3.63, 3.8) is 0 Å². The number of rotatable bonds is 7. The van der Waals surface area contributed by atoms with Gasteiger partial charge in [0.25, 0.3) is 0 Å². The number of nitrogens with one attached hydrogen (secondary N) is 2. The molecular weight excluding hydrogens is 356 g/mol. The first kappa shape index (κ1) is 19.4.